The minimum Gasteiger partial charge on any atom is -0.479 e. The highest BCUT2D eigenvalue weighted by molar-refractivity contribution is 6.31. The molecule has 1 aromatic heterocycles. The highest BCUT2D eigenvalue weighted by Crippen LogP contribution is 2.24. The number of carbonyl (C=O) groups is 3. The van der Waals surface area contributed by atoms with Crippen LogP contribution >= 0.6 is 11.6 Å². The summed E-state index contributed by atoms with van der Waals surface area (Å²) >= 11 is 6.19. The molecule has 164 valence electrons. The molecule has 2 aromatic carbocycles. The van der Waals surface area contributed by atoms with Gasteiger partial charge in [0.2, 0.25) is 0 Å². The van der Waals surface area contributed by atoms with E-state index in [2.05, 4.69) is 4.98 Å². The monoisotopic (exact) mass is 454 g/mol. The number of hydrogen-bond acceptors (Lipinski definition) is 5. The third-order valence-electron chi connectivity index (χ3n) is 4.72. The fraction of sp³-hybridized carbons (Fsp3) is 0.130. The number of rotatable bonds is 8. The van der Waals surface area contributed by atoms with E-state index in [-0.39, 0.29) is 23.4 Å². The number of aromatic nitrogens is 1. The lowest BCUT2D eigenvalue weighted by atomic mass is 10.0. The smallest absolute Gasteiger partial charge is 0.336 e. The van der Waals surface area contributed by atoms with Crippen LogP contribution in [-0.2, 0) is 11.3 Å². The normalized spacial score (nSPS) is 11.6. The molecule has 9 heteroatoms. The number of halogens is 1. The Morgan fingerprint density at radius 1 is 1.00 bits per heavy atom. The van der Waals surface area contributed by atoms with E-state index in [9.17, 15) is 24.6 Å². The second kappa shape index (κ2) is 10.0. The SMILES string of the molecule is O=C(O)c1ccccc1-c1cc(C(=O)N(Cc2ccccc2Cl)C[C@@H](O)C(=O)O)ccn1. The van der Waals surface area contributed by atoms with E-state index in [0.717, 1.165) is 0 Å². The summed E-state index contributed by atoms with van der Waals surface area (Å²) in [5.41, 5.74) is 1.35. The van der Waals surface area contributed by atoms with E-state index < -0.39 is 30.5 Å². The summed E-state index contributed by atoms with van der Waals surface area (Å²) in [5, 5.41) is 28.8. The van der Waals surface area contributed by atoms with Crippen LogP contribution in [0.2, 0.25) is 5.02 Å². The lowest BCUT2D eigenvalue weighted by Crippen LogP contribution is -2.40. The van der Waals surface area contributed by atoms with Crippen LogP contribution < -0.4 is 0 Å². The summed E-state index contributed by atoms with van der Waals surface area (Å²) in [4.78, 5) is 41.3. The fourth-order valence-electron chi connectivity index (χ4n) is 3.12. The summed E-state index contributed by atoms with van der Waals surface area (Å²) < 4.78 is 0. The Bertz CT molecular complexity index is 1170. The zero-order valence-corrected chi connectivity index (χ0v) is 17.4. The Labute approximate surface area is 188 Å². The fourth-order valence-corrected chi connectivity index (χ4v) is 3.32. The summed E-state index contributed by atoms with van der Waals surface area (Å²) in [5.74, 6) is -3.17. The summed E-state index contributed by atoms with van der Waals surface area (Å²) in [6.07, 6.45) is -0.432. The van der Waals surface area contributed by atoms with E-state index in [1.54, 1.807) is 42.5 Å². The minimum atomic E-state index is -1.80. The molecule has 0 radical (unpaired) electrons. The van der Waals surface area contributed by atoms with Gasteiger partial charge < -0.3 is 20.2 Å². The maximum Gasteiger partial charge on any atom is 0.336 e. The Balaban J connectivity index is 1.97. The van der Waals surface area contributed by atoms with Gasteiger partial charge in [-0.05, 0) is 29.8 Å². The van der Waals surface area contributed by atoms with Crippen molar-refractivity contribution in [3.63, 3.8) is 0 Å². The minimum absolute atomic E-state index is 0.0267. The predicted octanol–water partition coefficient (Wildman–Crippen LogP) is 3.19. The van der Waals surface area contributed by atoms with E-state index >= 15 is 0 Å². The first-order valence-corrected chi connectivity index (χ1v) is 9.88. The average Bonchev–Trinajstić information content (AvgIpc) is 2.79. The van der Waals surface area contributed by atoms with Crippen molar-refractivity contribution in [3.05, 3.63) is 88.6 Å². The van der Waals surface area contributed by atoms with Gasteiger partial charge in [-0.2, -0.15) is 0 Å². The van der Waals surface area contributed by atoms with Crippen LogP contribution in [0, 0.1) is 0 Å². The van der Waals surface area contributed by atoms with Gasteiger partial charge in [0.15, 0.2) is 6.10 Å². The number of carboxylic acids is 2. The summed E-state index contributed by atoms with van der Waals surface area (Å²) in [6.45, 7) is -0.505. The van der Waals surface area contributed by atoms with Crippen LogP contribution in [0.3, 0.4) is 0 Å². The van der Waals surface area contributed by atoms with Crippen molar-refractivity contribution in [2.24, 2.45) is 0 Å². The van der Waals surface area contributed by atoms with Crippen molar-refractivity contribution in [3.8, 4) is 11.3 Å². The zero-order chi connectivity index (χ0) is 23.3. The van der Waals surface area contributed by atoms with Crippen molar-refractivity contribution in [1.29, 1.82) is 0 Å². The van der Waals surface area contributed by atoms with Crippen LogP contribution in [0.25, 0.3) is 11.3 Å². The number of hydrogen-bond donors (Lipinski definition) is 3. The standard InChI is InChI=1S/C23H19ClN2O6/c24-18-8-4-1-5-15(18)12-26(13-20(27)23(31)32)21(28)14-9-10-25-19(11-14)16-6-2-3-7-17(16)22(29)30/h1-11,20,27H,12-13H2,(H,29,30)(H,31,32)/t20-/m1/s1. The molecule has 0 spiro atoms. The molecule has 3 N–H and O–H groups in total. The third-order valence-corrected chi connectivity index (χ3v) is 5.09. The molecular formula is C23H19ClN2O6. The first-order valence-electron chi connectivity index (χ1n) is 9.50. The number of amides is 1. The van der Waals surface area contributed by atoms with Gasteiger partial charge in [0.05, 0.1) is 17.8 Å². The summed E-state index contributed by atoms with van der Waals surface area (Å²) in [6, 6.07) is 15.9. The molecule has 0 saturated carbocycles. The number of pyridine rings is 1. The molecule has 0 unspecified atom stereocenters. The molecule has 8 nitrogen and oxygen atoms in total. The van der Waals surface area contributed by atoms with E-state index in [1.165, 1.54) is 29.3 Å². The van der Waals surface area contributed by atoms with Crippen LogP contribution in [0.1, 0.15) is 26.3 Å². The maximum absolute atomic E-state index is 13.3. The van der Waals surface area contributed by atoms with E-state index in [1.807, 2.05) is 0 Å². The first-order chi connectivity index (χ1) is 15.3. The van der Waals surface area contributed by atoms with Crippen molar-refractivity contribution in [2.75, 3.05) is 6.54 Å². The molecule has 1 amide bonds. The molecule has 0 aliphatic heterocycles. The van der Waals surface area contributed by atoms with Gasteiger partial charge >= 0.3 is 11.9 Å². The van der Waals surface area contributed by atoms with Crippen molar-refractivity contribution in [1.82, 2.24) is 9.88 Å². The van der Waals surface area contributed by atoms with Crippen molar-refractivity contribution < 1.29 is 29.7 Å². The lowest BCUT2D eigenvalue weighted by Gasteiger charge is -2.25. The second-order valence-corrected chi connectivity index (χ2v) is 7.32. The van der Waals surface area contributed by atoms with Gasteiger partial charge in [0, 0.05) is 28.9 Å². The summed E-state index contributed by atoms with van der Waals surface area (Å²) in [7, 11) is 0. The predicted molar refractivity (Wildman–Crippen MR) is 116 cm³/mol. The Hall–Kier alpha value is -3.75. The number of aliphatic hydroxyl groups is 1. The molecule has 0 fully saturated rings. The van der Waals surface area contributed by atoms with Crippen molar-refractivity contribution in [2.45, 2.75) is 12.6 Å². The molecule has 3 aromatic rings. The second-order valence-electron chi connectivity index (χ2n) is 6.91. The van der Waals surface area contributed by atoms with Crippen molar-refractivity contribution >= 4 is 29.4 Å². The highest BCUT2D eigenvalue weighted by Gasteiger charge is 2.24. The topological polar surface area (TPSA) is 128 Å². The van der Waals surface area contributed by atoms with Crippen LogP contribution in [-0.4, -0.2) is 55.7 Å². The quantitative estimate of drug-likeness (QED) is 0.476. The third kappa shape index (κ3) is 5.29. The number of carbonyl (C=O) groups excluding carboxylic acids is 1. The molecule has 0 aliphatic carbocycles. The van der Waals surface area contributed by atoms with Gasteiger partial charge in [-0.15, -0.1) is 0 Å². The molecule has 32 heavy (non-hydrogen) atoms. The molecular weight excluding hydrogens is 436 g/mol. The first kappa shape index (κ1) is 22.9. The van der Waals surface area contributed by atoms with Crippen LogP contribution in [0.4, 0.5) is 0 Å². The Morgan fingerprint density at radius 3 is 2.38 bits per heavy atom. The van der Waals surface area contributed by atoms with Gasteiger partial charge in [-0.3, -0.25) is 9.78 Å². The van der Waals surface area contributed by atoms with Crippen LogP contribution in [0.15, 0.2) is 66.9 Å². The van der Waals surface area contributed by atoms with E-state index in [4.69, 9.17) is 16.7 Å². The van der Waals surface area contributed by atoms with Gasteiger partial charge in [-0.25, -0.2) is 9.59 Å². The van der Waals surface area contributed by atoms with Crippen LogP contribution in [0.5, 0.6) is 0 Å². The number of aromatic carboxylic acids is 1. The molecule has 3 rings (SSSR count). The zero-order valence-electron chi connectivity index (χ0n) is 16.7. The Kier molecular flexibility index (Phi) is 7.19. The van der Waals surface area contributed by atoms with Gasteiger partial charge in [-0.1, -0.05) is 48.0 Å². The number of aliphatic carboxylic acids is 1. The molecule has 1 atom stereocenters. The Morgan fingerprint density at radius 2 is 1.69 bits per heavy atom. The maximum atomic E-state index is 13.3. The lowest BCUT2D eigenvalue weighted by molar-refractivity contribution is -0.147. The van der Waals surface area contributed by atoms with Gasteiger partial charge in [0.25, 0.3) is 5.91 Å². The molecule has 0 saturated heterocycles. The number of aliphatic hydroxyl groups excluding tert-OH is 1. The number of benzene rings is 2. The number of nitrogens with zero attached hydrogens (tertiary/aromatic N) is 2. The molecule has 0 aliphatic rings. The largest absolute Gasteiger partial charge is 0.479 e. The average molecular weight is 455 g/mol. The highest BCUT2D eigenvalue weighted by atomic mass is 35.5. The molecule has 0 bridgehead atoms. The number of carboxylic acid groups (broad SMARTS) is 2. The van der Waals surface area contributed by atoms with E-state index in [0.29, 0.717) is 16.1 Å². The van der Waals surface area contributed by atoms with Gasteiger partial charge in [0.1, 0.15) is 0 Å². The molecule has 1 heterocycles.